The predicted molar refractivity (Wildman–Crippen MR) is 129 cm³/mol. The Morgan fingerprint density at radius 1 is 1.00 bits per heavy atom. The maximum Gasteiger partial charge on any atom is 0.256 e. The highest BCUT2D eigenvalue weighted by Gasteiger charge is 2.29. The van der Waals surface area contributed by atoms with E-state index >= 15 is 0 Å². The summed E-state index contributed by atoms with van der Waals surface area (Å²) in [6.07, 6.45) is 8.40. The number of halogens is 1. The number of rotatable bonds is 4. The van der Waals surface area contributed by atoms with Crippen LogP contribution in [0.2, 0.25) is 0 Å². The molecule has 0 radical (unpaired) electrons. The highest BCUT2D eigenvalue weighted by molar-refractivity contribution is 5.71. The Kier molecular flexibility index (Phi) is 5.94. The zero-order chi connectivity index (χ0) is 23.8. The summed E-state index contributed by atoms with van der Waals surface area (Å²) in [7, 11) is 0. The minimum Gasteiger partial charge on any atom is -0.285 e. The van der Waals surface area contributed by atoms with E-state index in [1.165, 1.54) is 0 Å². The van der Waals surface area contributed by atoms with E-state index in [1.54, 1.807) is 35.3 Å². The summed E-state index contributed by atoms with van der Waals surface area (Å²) in [5.74, 6) is 0.170. The molecule has 0 bridgehead atoms. The van der Waals surface area contributed by atoms with Crippen molar-refractivity contribution in [2.45, 2.75) is 64.8 Å². The van der Waals surface area contributed by atoms with Gasteiger partial charge in [-0.2, -0.15) is 0 Å². The summed E-state index contributed by atoms with van der Waals surface area (Å²) >= 11 is 0. The number of benzene rings is 1. The van der Waals surface area contributed by atoms with Crippen LogP contribution in [0.1, 0.15) is 71.3 Å². The van der Waals surface area contributed by atoms with E-state index < -0.39 is 0 Å². The third-order valence-electron chi connectivity index (χ3n) is 7.08. The molecule has 0 saturated heterocycles. The van der Waals surface area contributed by atoms with Gasteiger partial charge in [-0.05, 0) is 81.5 Å². The first-order chi connectivity index (χ1) is 16.4. The van der Waals surface area contributed by atoms with Crippen LogP contribution in [0.4, 0.5) is 4.39 Å². The van der Waals surface area contributed by atoms with Gasteiger partial charge in [-0.1, -0.05) is 12.1 Å². The van der Waals surface area contributed by atoms with Crippen LogP contribution in [0.5, 0.6) is 0 Å². The summed E-state index contributed by atoms with van der Waals surface area (Å²) in [4.78, 5) is 31.7. The summed E-state index contributed by atoms with van der Waals surface area (Å²) in [5, 5.41) is 0. The summed E-state index contributed by atoms with van der Waals surface area (Å²) in [5.41, 5.74) is 6.09. The predicted octanol–water partition coefficient (Wildman–Crippen LogP) is 5.14. The molecule has 1 fully saturated rings. The van der Waals surface area contributed by atoms with Gasteiger partial charge < -0.3 is 0 Å². The van der Waals surface area contributed by atoms with Crippen LogP contribution in [0.15, 0.2) is 47.7 Å². The van der Waals surface area contributed by atoms with E-state index in [-0.39, 0.29) is 23.2 Å². The summed E-state index contributed by atoms with van der Waals surface area (Å²) in [6.45, 7) is 6.03. The zero-order valence-corrected chi connectivity index (χ0v) is 19.8. The Hall–Kier alpha value is -3.48. The molecule has 0 atom stereocenters. The van der Waals surface area contributed by atoms with Gasteiger partial charge in [0.05, 0.1) is 23.6 Å². The molecule has 6 nitrogen and oxygen atoms in total. The number of hydrogen-bond donors (Lipinski definition) is 0. The van der Waals surface area contributed by atoms with Crippen molar-refractivity contribution < 1.29 is 4.39 Å². The Morgan fingerprint density at radius 3 is 2.47 bits per heavy atom. The molecule has 7 heteroatoms. The number of aryl methyl sites for hydroxylation is 3. The van der Waals surface area contributed by atoms with Crippen molar-refractivity contribution in [1.82, 2.24) is 24.5 Å². The number of hydrogen-bond acceptors (Lipinski definition) is 5. The minimum atomic E-state index is -0.124. The molecule has 3 heterocycles. The van der Waals surface area contributed by atoms with Gasteiger partial charge >= 0.3 is 0 Å². The molecule has 3 aromatic heterocycles. The van der Waals surface area contributed by atoms with Gasteiger partial charge in [0, 0.05) is 24.2 Å². The summed E-state index contributed by atoms with van der Waals surface area (Å²) in [6, 6.07) is 7.19. The Balaban J connectivity index is 1.51. The average Bonchev–Trinajstić information content (AvgIpc) is 2.82. The standard InChI is InChI=1S/C27H28FN5O/c1-16-5-4-6-22(28)25(16)20-9-7-19(8-10-20)21-13-23-26(32-17(2)14-31-23)33(27(21)34)15-24-18(3)29-11-12-30-24/h4-6,11-14,19-20H,7-10,15H2,1-3H3. The van der Waals surface area contributed by atoms with Gasteiger partial charge in [-0.15, -0.1) is 0 Å². The van der Waals surface area contributed by atoms with Crippen molar-refractivity contribution in [3.63, 3.8) is 0 Å². The first-order valence-electron chi connectivity index (χ1n) is 11.8. The minimum absolute atomic E-state index is 0.0528. The fourth-order valence-electron chi connectivity index (χ4n) is 5.27. The van der Waals surface area contributed by atoms with E-state index in [9.17, 15) is 9.18 Å². The van der Waals surface area contributed by atoms with Crippen LogP contribution in [0.3, 0.4) is 0 Å². The van der Waals surface area contributed by atoms with Crippen LogP contribution in [-0.2, 0) is 6.54 Å². The molecule has 0 spiro atoms. The Bertz CT molecular complexity index is 1400. The molecule has 174 valence electrons. The van der Waals surface area contributed by atoms with Crippen molar-refractivity contribution in [2.24, 2.45) is 0 Å². The Labute approximate surface area is 198 Å². The number of pyridine rings is 1. The second kappa shape index (κ2) is 9.05. The van der Waals surface area contributed by atoms with Crippen molar-refractivity contribution in [2.75, 3.05) is 0 Å². The highest BCUT2D eigenvalue weighted by Crippen LogP contribution is 2.41. The molecule has 0 N–H and O–H groups in total. The molecule has 5 rings (SSSR count). The van der Waals surface area contributed by atoms with Crippen LogP contribution in [-0.4, -0.2) is 24.5 Å². The van der Waals surface area contributed by atoms with Crippen molar-refractivity contribution in [3.05, 3.63) is 92.8 Å². The van der Waals surface area contributed by atoms with E-state index in [4.69, 9.17) is 0 Å². The number of nitrogens with zero attached hydrogens (tertiary/aromatic N) is 5. The largest absolute Gasteiger partial charge is 0.285 e. The molecule has 1 saturated carbocycles. The lowest BCUT2D eigenvalue weighted by atomic mass is 9.75. The SMILES string of the molecule is Cc1cnc2cc(C3CCC(c4c(C)cccc4F)CC3)c(=O)n(Cc3nccnc3C)c2n1. The molecule has 0 aliphatic heterocycles. The van der Waals surface area contributed by atoms with Gasteiger partial charge in [0.15, 0.2) is 5.65 Å². The topological polar surface area (TPSA) is 73.6 Å². The quantitative estimate of drug-likeness (QED) is 0.424. The fourth-order valence-corrected chi connectivity index (χ4v) is 5.27. The third-order valence-corrected chi connectivity index (χ3v) is 7.08. The lowest BCUT2D eigenvalue weighted by Gasteiger charge is -2.30. The van der Waals surface area contributed by atoms with Gasteiger partial charge in [0.1, 0.15) is 11.3 Å². The maximum absolute atomic E-state index is 14.5. The normalized spacial score (nSPS) is 18.4. The number of fused-ring (bicyclic) bond motifs is 1. The molecule has 1 aliphatic rings. The van der Waals surface area contributed by atoms with Crippen molar-refractivity contribution >= 4 is 11.2 Å². The monoisotopic (exact) mass is 457 g/mol. The van der Waals surface area contributed by atoms with E-state index in [0.717, 1.165) is 59.5 Å². The van der Waals surface area contributed by atoms with Crippen LogP contribution in [0.25, 0.3) is 11.2 Å². The smallest absolute Gasteiger partial charge is 0.256 e. The van der Waals surface area contributed by atoms with E-state index in [2.05, 4.69) is 19.9 Å². The average molecular weight is 458 g/mol. The second-order valence-corrected chi connectivity index (χ2v) is 9.32. The molecule has 0 amide bonds. The van der Waals surface area contributed by atoms with Gasteiger partial charge in [-0.3, -0.25) is 24.3 Å². The van der Waals surface area contributed by atoms with Crippen LogP contribution in [0, 0.1) is 26.6 Å². The first-order valence-corrected chi connectivity index (χ1v) is 11.8. The lowest BCUT2D eigenvalue weighted by molar-refractivity contribution is 0.384. The lowest BCUT2D eigenvalue weighted by Crippen LogP contribution is -2.29. The van der Waals surface area contributed by atoms with Crippen LogP contribution >= 0.6 is 0 Å². The molecule has 1 aliphatic carbocycles. The molecule has 0 unspecified atom stereocenters. The van der Waals surface area contributed by atoms with Crippen molar-refractivity contribution in [3.8, 4) is 0 Å². The molecular weight excluding hydrogens is 429 g/mol. The van der Waals surface area contributed by atoms with E-state index in [1.807, 2.05) is 32.9 Å². The first kappa shape index (κ1) is 22.3. The zero-order valence-electron chi connectivity index (χ0n) is 19.8. The second-order valence-electron chi connectivity index (χ2n) is 9.32. The highest BCUT2D eigenvalue weighted by atomic mass is 19.1. The molecule has 4 aromatic rings. The molecular formula is C27H28FN5O. The molecule has 1 aromatic carbocycles. The molecule has 34 heavy (non-hydrogen) atoms. The van der Waals surface area contributed by atoms with Gasteiger partial charge in [0.2, 0.25) is 0 Å². The fraction of sp³-hybridized carbons (Fsp3) is 0.370. The maximum atomic E-state index is 14.5. The number of aromatic nitrogens is 5. The third kappa shape index (κ3) is 4.11. The van der Waals surface area contributed by atoms with Gasteiger partial charge in [-0.25, -0.2) is 9.37 Å². The van der Waals surface area contributed by atoms with Gasteiger partial charge in [0.25, 0.3) is 5.56 Å². The van der Waals surface area contributed by atoms with Crippen molar-refractivity contribution in [1.29, 1.82) is 0 Å². The van der Waals surface area contributed by atoms with Crippen LogP contribution < -0.4 is 5.56 Å². The Morgan fingerprint density at radius 2 is 1.74 bits per heavy atom. The summed E-state index contributed by atoms with van der Waals surface area (Å²) < 4.78 is 16.2. The van der Waals surface area contributed by atoms with E-state index in [0.29, 0.717) is 17.7 Å².